The lowest BCUT2D eigenvalue weighted by molar-refractivity contribution is -0.119. The predicted molar refractivity (Wildman–Crippen MR) is 169 cm³/mol. The maximum atomic E-state index is 12.4. The van der Waals surface area contributed by atoms with Crippen molar-refractivity contribution in [2.75, 3.05) is 13.3 Å². The van der Waals surface area contributed by atoms with Gasteiger partial charge in [0.15, 0.2) is 0 Å². The van der Waals surface area contributed by atoms with E-state index in [0.717, 1.165) is 77.0 Å². The summed E-state index contributed by atoms with van der Waals surface area (Å²) in [5.74, 6) is 0.366. The average molecular weight is 545 g/mol. The molecule has 0 spiro atoms. The lowest BCUT2D eigenvalue weighted by atomic mass is 10.1. The summed E-state index contributed by atoms with van der Waals surface area (Å²) in [5, 5.41) is -0.293. The number of rotatable bonds is 23. The minimum absolute atomic E-state index is 0.293. The molecule has 0 aliphatic carbocycles. The second-order valence-electron chi connectivity index (χ2n) is 10.9. The molecular formula is C34H57O3P. The molecule has 0 saturated heterocycles. The van der Waals surface area contributed by atoms with Crippen LogP contribution in [0.2, 0.25) is 0 Å². The summed E-state index contributed by atoms with van der Waals surface area (Å²) in [6.07, 6.45) is 39.7. The van der Waals surface area contributed by atoms with E-state index in [9.17, 15) is 9.36 Å². The summed E-state index contributed by atoms with van der Waals surface area (Å²) in [7, 11) is -2.55. The highest BCUT2D eigenvalue weighted by atomic mass is 31.2. The van der Waals surface area contributed by atoms with Crippen LogP contribution in [0.3, 0.4) is 0 Å². The van der Waals surface area contributed by atoms with E-state index in [-0.39, 0.29) is 5.16 Å². The van der Waals surface area contributed by atoms with Crippen LogP contribution >= 0.6 is 7.37 Å². The van der Waals surface area contributed by atoms with Crippen LogP contribution in [0.1, 0.15) is 118 Å². The van der Waals surface area contributed by atoms with Gasteiger partial charge in [-0.15, -0.1) is 0 Å². The molecule has 0 amide bonds. The van der Waals surface area contributed by atoms with Crippen molar-refractivity contribution in [2.45, 2.75) is 123 Å². The fourth-order valence-corrected chi connectivity index (χ4v) is 4.26. The number of carbonyl (C=O) groups excluding carboxylic acids is 1. The lowest BCUT2D eigenvalue weighted by Gasteiger charge is -2.27. The molecule has 0 heterocycles. The summed E-state index contributed by atoms with van der Waals surface area (Å²) in [4.78, 5) is 12.0. The van der Waals surface area contributed by atoms with Gasteiger partial charge in [-0.25, -0.2) is 0 Å². The lowest BCUT2D eigenvalue weighted by Crippen LogP contribution is -2.16. The Labute approximate surface area is 235 Å². The van der Waals surface area contributed by atoms with Gasteiger partial charge < -0.3 is 4.52 Å². The highest BCUT2D eigenvalue weighted by Gasteiger charge is 2.32. The van der Waals surface area contributed by atoms with E-state index in [1.165, 1.54) is 0 Å². The van der Waals surface area contributed by atoms with Crippen LogP contribution in [0.4, 0.5) is 0 Å². The van der Waals surface area contributed by atoms with Gasteiger partial charge >= 0.3 is 0 Å². The Hall–Kier alpha value is -1.70. The molecule has 0 aromatic carbocycles. The topological polar surface area (TPSA) is 43.4 Å². The van der Waals surface area contributed by atoms with Gasteiger partial charge in [0.05, 0.1) is 6.61 Å². The Morgan fingerprint density at radius 3 is 1.53 bits per heavy atom. The van der Waals surface area contributed by atoms with E-state index in [2.05, 4.69) is 79.8 Å². The van der Waals surface area contributed by atoms with Crippen LogP contribution in [0, 0.1) is 0 Å². The molecule has 1 atom stereocenters. The molecule has 4 heteroatoms. The van der Waals surface area contributed by atoms with Crippen LogP contribution in [0.15, 0.2) is 72.9 Å². The number of hydrogen-bond acceptors (Lipinski definition) is 3. The Morgan fingerprint density at radius 1 is 0.632 bits per heavy atom. The standard InChI is InChI=1S/C34H57O3P/c1-6-7-8-9-10-11-12-13-14-15-16-17-18-19-20-21-22-24-27-30-33(35)31-28-25-23-26-29-32-37-38(5,36)34(2,3)4/h7-8,10-11,13-14,16-17,19-20,22,24H,6,9,12,15,18,21,23,25-32H2,1-5H3/b8-7-,11-10-,14-13-,17-16-,20-19-,24-22-. The van der Waals surface area contributed by atoms with E-state index in [1.807, 2.05) is 20.8 Å². The van der Waals surface area contributed by atoms with Crippen molar-refractivity contribution in [2.24, 2.45) is 0 Å². The van der Waals surface area contributed by atoms with Crippen molar-refractivity contribution in [3.05, 3.63) is 72.9 Å². The predicted octanol–water partition coefficient (Wildman–Crippen LogP) is 11.1. The molecular weight excluding hydrogens is 487 g/mol. The molecule has 0 radical (unpaired) electrons. The number of allylic oxidation sites excluding steroid dienone is 12. The third kappa shape index (κ3) is 23.4. The Balaban J connectivity index is 3.61. The van der Waals surface area contributed by atoms with E-state index in [1.54, 1.807) is 6.66 Å². The molecule has 0 aliphatic rings. The fraction of sp³-hybridized carbons (Fsp3) is 0.618. The Kier molecular flexibility index (Phi) is 23.3. The zero-order chi connectivity index (χ0) is 28.4. The quantitative estimate of drug-likeness (QED) is 0.0730. The molecule has 0 aromatic heterocycles. The van der Waals surface area contributed by atoms with Gasteiger partial charge in [-0.05, 0) is 57.8 Å². The Morgan fingerprint density at radius 2 is 1.05 bits per heavy atom. The summed E-state index contributed by atoms with van der Waals surface area (Å²) in [5.41, 5.74) is 0. The normalized spacial score (nSPS) is 14.9. The molecule has 38 heavy (non-hydrogen) atoms. The zero-order valence-electron chi connectivity index (χ0n) is 25.2. The van der Waals surface area contributed by atoms with Crippen LogP contribution < -0.4 is 0 Å². The summed E-state index contributed by atoms with van der Waals surface area (Å²) in [6, 6.07) is 0. The molecule has 0 aromatic rings. The van der Waals surface area contributed by atoms with Gasteiger partial charge in [0.2, 0.25) is 7.37 Å². The molecule has 0 saturated carbocycles. The minimum atomic E-state index is -2.55. The monoisotopic (exact) mass is 544 g/mol. The molecule has 0 fully saturated rings. The van der Waals surface area contributed by atoms with Gasteiger partial charge in [0.1, 0.15) is 5.78 Å². The first kappa shape index (κ1) is 36.3. The first-order valence-corrected chi connectivity index (χ1v) is 16.9. The van der Waals surface area contributed by atoms with Crippen LogP contribution in [0.25, 0.3) is 0 Å². The van der Waals surface area contributed by atoms with E-state index >= 15 is 0 Å². The highest BCUT2D eigenvalue weighted by molar-refractivity contribution is 7.59. The number of carbonyl (C=O) groups is 1. The number of Topliss-reactive ketones (excluding diaryl/α,β-unsaturated/α-hetero) is 1. The first-order valence-electron chi connectivity index (χ1n) is 14.8. The van der Waals surface area contributed by atoms with Gasteiger partial charge in [0.25, 0.3) is 0 Å². The Bertz CT molecular complexity index is 806. The highest BCUT2D eigenvalue weighted by Crippen LogP contribution is 2.55. The van der Waals surface area contributed by atoms with Crippen LogP contribution in [0.5, 0.6) is 0 Å². The third-order valence-electron chi connectivity index (χ3n) is 6.34. The van der Waals surface area contributed by atoms with E-state index in [4.69, 9.17) is 4.52 Å². The van der Waals surface area contributed by atoms with Crippen molar-refractivity contribution in [3.8, 4) is 0 Å². The molecule has 1 unspecified atom stereocenters. The van der Waals surface area contributed by atoms with Crippen molar-refractivity contribution < 1.29 is 13.9 Å². The largest absolute Gasteiger partial charge is 0.328 e. The smallest absolute Gasteiger partial charge is 0.205 e. The number of hydrogen-bond donors (Lipinski definition) is 0. The maximum Gasteiger partial charge on any atom is 0.205 e. The third-order valence-corrected chi connectivity index (χ3v) is 9.45. The molecule has 0 bridgehead atoms. The van der Waals surface area contributed by atoms with Crippen molar-refractivity contribution in [3.63, 3.8) is 0 Å². The van der Waals surface area contributed by atoms with Crippen molar-refractivity contribution in [1.82, 2.24) is 0 Å². The summed E-state index contributed by atoms with van der Waals surface area (Å²) < 4.78 is 18.1. The molecule has 0 aliphatic heterocycles. The second-order valence-corrected chi connectivity index (χ2v) is 14.2. The SMILES string of the molecule is CC/C=C\C/C=C\C/C=C\C/C=C\C/C=C\C/C=C\CCC(=O)CCCCCCCOP(C)(=O)C(C)(C)C. The summed E-state index contributed by atoms with van der Waals surface area (Å²) >= 11 is 0. The van der Waals surface area contributed by atoms with Crippen LogP contribution in [-0.2, 0) is 13.9 Å². The van der Waals surface area contributed by atoms with E-state index in [0.29, 0.717) is 25.2 Å². The second kappa shape index (κ2) is 24.3. The van der Waals surface area contributed by atoms with Crippen LogP contribution in [-0.4, -0.2) is 24.2 Å². The van der Waals surface area contributed by atoms with Gasteiger partial charge in [0, 0.05) is 24.7 Å². The molecule has 0 rings (SSSR count). The zero-order valence-corrected chi connectivity index (χ0v) is 26.1. The van der Waals surface area contributed by atoms with Crippen molar-refractivity contribution in [1.29, 1.82) is 0 Å². The van der Waals surface area contributed by atoms with Gasteiger partial charge in [-0.1, -0.05) is 120 Å². The minimum Gasteiger partial charge on any atom is -0.328 e. The first-order chi connectivity index (χ1) is 18.2. The fourth-order valence-electron chi connectivity index (χ4n) is 3.40. The van der Waals surface area contributed by atoms with Gasteiger partial charge in [-0.2, -0.15) is 0 Å². The molecule has 216 valence electrons. The molecule has 0 N–H and O–H groups in total. The van der Waals surface area contributed by atoms with Gasteiger partial charge in [-0.3, -0.25) is 9.36 Å². The molecule has 3 nitrogen and oxygen atoms in total. The summed E-state index contributed by atoms with van der Waals surface area (Å²) in [6.45, 7) is 10.4. The van der Waals surface area contributed by atoms with Crippen molar-refractivity contribution >= 4 is 13.2 Å². The maximum absolute atomic E-state index is 12.4. The average Bonchev–Trinajstić information content (AvgIpc) is 2.86. The number of ketones is 1. The van der Waals surface area contributed by atoms with E-state index < -0.39 is 7.37 Å². The number of unbranched alkanes of at least 4 members (excludes halogenated alkanes) is 4.